The Bertz CT molecular complexity index is 417. The quantitative estimate of drug-likeness (QED) is 0.608. The van der Waals surface area contributed by atoms with E-state index in [4.69, 9.17) is 10.5 Å². The van der Waals surface area contributed by atoms with Gasteiger partial charge in [0.2, 0.25) is 0 Å². The van der Waals surface area contributed by atoms with Gasteiger partial charge in [0, 0.05) is 19.7 Å². The lowest BCUT2D eigenvalue weighted by molar-refractivity contribution is 0.0827. The molecule has 0 heterocycles. The van der Waals surface area contributed by atoms with Crippen LogP contribution in [-0.2, 0) is 0 Å². The Hall–Kier alpha value is -1.71. The monoisotopic (exact) mass is 264 g/mol. The van der Waals surface area contributed by atoms with Crippen LogP contribution in [-0.4, -0.2) is 31.5 Å². The molecule has 106 valence electrons. The first-order chi connectivity index (χ1) is 9.06. The van der Waals surface area contributed by atoms with Crippen molar-refractivity contribution in [2.24, 2.45) is 0 Å². The zero-order chi connectivity index (χ0) is 14.3. The number of ether oxygens (including phenoxy) is 1. The second kappa shape index (κ2) is 7.67. The van der Waals surface area contributed by atoms with Crippen molar-refractivity contribution < 1.29 is 9.53 Å². The van der Waals surface area contributed by atoms with Crippen LogP contribution in [0.15, 0.2) is 18.2 Å². The summed E-state index contributed by atoms with van der Waals surface area (Å²) < 4.78 is 5.66. The van der Waals surface area contributed by atoms with Gasteiger partial charge in [0.25, 0.3) is 5.91 Å². The summed E-state index contributed by atoms with van der Waals surface area (Å²) in [5.74, 6) is 0.556. The molecule has 0 radical (unpaired) electrons. The average Bonchev–Trinajstić information content (AvgIpc) is 2.39. The third kappa shape index (κ3) is 4.81. The van der Waals surface area contributed by atoms with Gasteiger partial charge in [-0.3, -0.25) is 4.79 Å². The van der Waals surface area contributed by atoms with Crippen LogP contribution in [0.4, 0.5) is 5.69 Å². The van der Waals surface area contributed by atoms with Crippen molar-refractivity contribution in [2.45, 2.75) is 32.6 Å². The highest BCUT2D eigenvalue weighted by Gasteiger charge is 2.10. The number of amides is 1. The Kier molecular flexibility index (Phi) is 6.19. The molecule has 4 nitrogen and oxygen atoms in total. The number of benzene rings is 1. The number of hydrogen-bond acceptors (Lipinski definition) is 3. The van der Waals surface area contributed by atoms with Gasteiger partial charge in [-0.25, -0.2) is 0 Å². The number of carbonyl (C=O) groups is 1. The number of unbranched alkanes of at least 4 members (excludes halogenated alkanes) is 3. The molecular formula is C15H24N2O2. The van der Waals surface area contributed by atoms with Crippen LogP contribution in [0.25, 0.3) is 0 Å². The van der Waals surface area contributed by atoms with E-state index in [9.17, 15) is 4.79 Å². The van der Waals surface area contributed by atoms with Gasteiger partial charge in [0.05, 0.1) is 12.3 Å². The van der Waals surface area contributed by atoms with Gasteiger partial charge in [-0.15, -0.1) is 0 Å². The van der Waals surface area contributed by atoms with E-state index in [2.05, 4.69) is 6.92 Å². The number of carbonyl (C=O) groups excluding carboxylic acids is 1. The van der Waals surface area contributed by atoms with E-state index in [1.807, 2.05) is 0 Å². The molecule has 0 aromatic heterocycles. The summed E-state index contributed by atoms with van der Waals surface area (Å²) in [6, 6.07) is 5.16. The first kappa shape index (κ1) is 15.3. The van der Waals surface area contributed by atoms with Gasteiger partial charge in [0.1, 0.15) is 5.75 Å². The van der Waals surface area contributed by atoms with Gasteiger partial charge in [-0.2, -0.15) is 0 Å². The second-order valence-corrected chi connectivity index (χ2v) is 4.86. The maximum absolute atomic E-state index is 11.9. The summed E-state index contributed by atoms with van der Waals surface area (Å²) in [4.78, 5) is 13.4. The molecule has 4 heteroatoms. The molecule has 2 N–H and O–H groups in total. The topological polar surface area (TPSA) is 55.6 Å². The molecule has 0 aliphatic heterocycles. The highest BCUT2D eigenvalue weighted by Crippen LogP contribution is 2.23. The highest BCUT2D eigenvalue weighted by molar-refractivity contribution is 5.94. The second-order valence-electron chi connectivity index (χ2n) is 4.86. The lowest BCUT2D eigenvalue weighted by Gasteiger charge is -2.13. The van der Waals surface area contributed by atoms with Gasteiger partial charge >= 0.3 is 0 Å². The average molecular weight is 264 g/mol. The van der Waals surface area contributed by atoms with Crippen LogP contribution in [0, 0.1) is 0 Å². The lowest BCUT2D eigenvalue weighted by Crippen LogP contribution is -2.21. The highest BCUT2D eigenvalue weighted by atomic mass is 16.5. The predicted octanol–water partition coefficient (Wildman–Crippen LogP) is 2.93. The molecule has 0 aliphatic rings. The molecule has 0 saturated heterocycles. The SMILES string of the molecule is CCCCCCOc1cc(C(=O)N(C)C)ccc1N. The number of anilines is 1. The maximum atomic E-state index is 11.9. The molecule has 0 saturated carbocycles. The van der Waals surface area contributed by atoms with Crippen LogP contribution in [0.3, 0.4) is 0 Å². The van der Waals surface area contributed by atoms with Crippen LogP contribution >= 0.6 is 0 Å². The summed E-state index contributed by atoms with van der Waals surface area (Å²) >= 11 is 0. The Morgan fingerprint density at radius 3 is 2.63 bits per heavy atom. The molecule has 0 bridgehead atoms. The zero-order valence-corrected chi connectivity index (χ0v) is 12.1. The lowest BCUT2D eigenvalue weighted by atomic mass is 10.1. The summed E-state index contributed by atoms with van der Waals surface area (Å²) in [6.45, 7) is 2.82. The van der Waals surface area contributed by atoms with Crippen molar-refractivity contribution in [3.63, 3.8) is 0 Å². The number of nitrogens with two attached hydrogens (primary N) is 1. The van der Waals surface area contributed by atoms with Crippen molar-refractivity contribution in [1.29, 1.82) is 0 Å². The minimum atomic E-state index is -0.0455. The van der Waals surface area contributed by atoms with E-state index in [1.165, 1.54) is 17.7 Å². The number of nitrogens with zero attached hydrogens (tertiary/aromatic N) is 1. The molecule has 0 unspecified atom stereocenters. The third-order valence-electron chi connectivity index (χ3n) is 2.92. The van der Waals surface area contributed by atoms with Crippen molar-refractivity contribution in [3.05, 3.63) is 23.8 Å². The molecule has 0 spiro atoms. The standard InChI is InChI=1S/C15H24N2O2/c1-4-5-6-7-10-19-14-11-12(8-9-13(14)16)15(18)17(2)3/h8-9,11H,4-7,10,16H2,1-3H3. The molecule has 19 heavy (non-hydrogen) atoms. The number of hydrogen-bond donors (Lipinski definition) is 1. The molecule has 0 fully saturated rings. The summed E-state index contributed by atoms with van der Waals surface area (Å²) in [5.41, 5.74) is 7.03. The Balaban J connectivity index is 2.62. The number of rotatable bonds is 7. The van der Waals surface area contributed by atoms with Crippen molar-refractivity contribution in [1.82, 2.24) is 4.90 Å². The fourth-order valence-corrected chi connectivity index (χ4v) is 1.76. The minimum Gasteiger partial charge on any atom is -0.491 e. The van der Waals surface area contributed by atoms with Gasteiger partial charge in [0.15, 0.2) is 0 Å². The maximum Gasteiger partial charge on any atom is 0.253 e. The predicted molar refractivity (Wildman–Crippen MR) is 78.5 cm³/mol. The summed E-state index contributed by atoms with van der Waals surface area (Å²) in [7, 11) is 3.45. The molecule has 1 amide bonds. The smallest absolute Gasteiger partial charge is 0.253 e. The third-order valence-corrected chi connectivity index (χ3v) is 2.92. The van der Waals surface area contributed by atoms with E-state index in [1.54, 1.807) is 32.3 Å². The van der Waals surface area contributed by atoms with E-state index >= 15 is 0 Å². The van der Waals surface area contributed by atoms with Crippen molar-refractivity contribution in [2.75, 3.05) is 26.4 Å². The molecular weight excluding hydrogens is 240 g/mol. The fraction of sp³-hybridized carbons (Fsp3) is 0.533. The van der Waals surface area contributed by atoms with E-state index in [0.717, 1.165) is 12.8 Å². The van der Waals surface area contributed by atoms with E-state index in [0.29, 0.717) is 23.6 Å². The molecule has 1 aromatic carbocycles. The van der Waals surface area contributed by atoms with E-state index in [-0.39, 0.29) is 5.91 Å². The van der Waals surface area contributed by atoms with Gasteiger partial charge < -0.3 is 15.4 Å². The molecule has 1 aromatic rings. The van der Waals surface area contributed by atoms with Crippen LogP contribution in [0.2, 0.25) is 0 Å². The summed E-state index contributed by atoms with van der Waals surface area (Å²) in [5, 5.41) is 0. The number of nitrogen functional groups attached to an aromatic ring is 1. The van der Waals surface area contributed by atoms with Gasteiger partial charge in [-0.1, -0.05) is 26.2 Å². The van der Waals surface area contributed by atoms with Crippen LogP contribution in [0.1, 0.15) is 43.0 Å². The summed E-state index contributed by atoms with van der Waals surface area (Å²) in [6.07, 6.45) is 4.60. The molecule has 0 atom stereocenters. The van der Waals surface area contributed by atoms with Gasteiger partial charge in [-0.05, 0) is 24.6 Å². The first-order valence-electron chi connectivity index (χ1n) is 6.80. The Morgan fingerprint density at radius 2 is 2.00 bits per heavy atom. The Morgan fingerprint density at radius 1 is 1.26 bits per heavy atom. The molecule has 0 aliphatic carbocycles. The van der Waals surface area contributed by atoms with Crippen molar-refractivity contribution in [3.8, 4) is 5.75 Å². The Labute approximate surface area is 115 Å². The first-order valence-corrected chi connectivity index (χ1v) is 6.80. The van der Waals surface area contributed by atoms with Crippen LogP contribution < -0.4 is 10.5 Å². The molecule has 1 rings (SSSR count). The fourth-order valence-electron chi connectivity index (χ4n) is 1.76. The van der Waals surface area contributed by atoms with Crippen molar-refractivity contribution >= 4 is 11.6 Å². The zero-order valence-electron chi connectivity index (χ0n) is 12.1. The van der Waals surface area contributed by atoms with E-state index < -0.39 is 0 Å². The normalized spacial score (nSPS) is 10.3. The minimum absolute atomic E-state index is 0.0455. The van der Waals surface area contributed by atoms with Crippen LogP contribution in [0.5, 0.6) is 5.75 Å². The largest absolute Gasteiger partial charge is 0.491 e.